The molecule has 0 aromatic rings. The van der Waals surface area contributed by atoms with Crippen LogP contribution in [0, 0.1) is 17.8 Å². The molecule has 1 aliphatic carbocycles. The van der Waals surface area contributed by atoms with Crippen LogP contribution in [-0.4, -0.2) is 23.2 Å². The average Bonchev–Trinajstić information content (AvgIpc) is 2.38. The molecule has 4 atom stereocenters. The Morgan fingerprint density at radius 1 is 1.35 bits per heavy atom. The summed E-state index contributed by atoms with van der Waals surface area (Å²) in [5.74, 6) is 0.885. The fourth-order valence-corrected chi connectivity index (χ4v) is 3.51. The van der Waals surface area contributed by atoms with Crippen LogP contribution in [0.25, 0.3) is 0 Å². The summed E-state index contributed by atoms with van der Waals surface area (Å²) in [5, 5.41) is 12.9. The molecule has 118 valence electrons. The Hall–Kier alpha value is -0.570. The molecule has 4 unspecified atom stereocenters. The van der Waals surface area contributed by atoms with E-state index in [2.05, 4.69) is 19.2 Å². The van der Waals surface area contributed by atoms with Crippen molar-refractivity contribution in [3.63, 3.8) is 0 Å². The topological polar surface area (TPSA) is 49.3 Å². The van der Waals surface area contributed by atoms with Crippen LogP contribution in [0.5, 0.6) is 0 Å². The zero-order valence-electron chi connectivity index (χ0n) is 13.7. The lowest BCUT2D eigenvalue weighted by molar-refractivity contribution is -0.141. The number of unbranched alkanes of at least 4 members (excludes halogenated alkanes) is 1. The van der Waals surface area contributed by atoms with Gasteiger partial charge in [-0.3, -0.25) is 4.79 Å². The van der Waals surface area contributed by atoms with E-state index < -0.39 is 12.0 Å². The van der Waals surface area contributed by atoms with Crippen molar-refractivity contribution in [1.29, 1.82) is 0 Å². The largest absolute Gasteiger partial charge is 0.480 e. The van der Waals surface area contributed by atoms with E-state index in [9.17, 15) is 9.90 Å². The minimum Gasteiger partial charge on any atom is -0.480 e. The van der Waals surface area contributed by atoms with Gasteiger partial charge in [0.05, 0.1) is 0 Å². The summed E-state index contributed by atoms with van der Waals surface area (Å²) in [7, 11) is 0. The SMILES string of the molecule is CCCCC(NC(C(=O)O)C(C)C)C1CCCC(C)C1. The van der Waals surface area contributed by atoms with Gasteiger partial charge in [0, 0.05) is 6.04 Å². The smallest absolute Gasteiger partial charge is 0.320 e. The summed E-state index contributed by atoms with van der Waals surface area (Å²) in [4.78, 5) is 11.4. The maximum absolute atomic E-state index is 11.4. The molecular formula is C17H33NO2. The van der Waals surface area contributed by atoms with E-state index in [-0.39, 0.29) is 5.92 Å². The van der Waals surface area contributed by atoms with Crippen molar-refractivity contribution in [1.82, 2.24) is 5.32 Å². The fourth-order valence-electron chi connectivity index (χ4n) is 3.51. The summed E-state index contributed by atoms with van der Waals surface area (Å²) in [6, 6.07) is -0.0321. The number of carboxylic acids is 1. The first-order valence-corrected chi connectivity index (χ1v) is 8.44. The van der Waals surface area contributed by atoms with E-state index in [0.717, 1.165) is 12.3 Å². The van der Waals surface area contributed by atoms with E-state index in [1.54, 1.807) is 0 Å². The molecule has 0 amide bonds. The summed E-state index contributed by atoms with van der Waals surface area (Å²) < 4.78 is 0. The lowest BCUT2D eigenvalue weighted by Gasteiger charge is -2.36. The number of hydrogen-bond donors (Lipinski definition) is 2. The Labute approximate surface area is 124 Å². The second-order valence-corrected chi connectivity index (χ2v) is 7.01. The first kappa shape index (κ1) is 17.5. The molecule has 0 radical (unpaired) electrons. The molecular weight excluding hydrogens is 250 g/mol. The number of aliphatic carboxylic acids is 1. The van der Waals surface area contributed by atoms with Gasteiger partial charge in [0.1, 0.15) is 6.04 Å². The highest BCUT2D eigenvalue weighted by molar-refractivity contribution is 5.73. The summed E-state index contributed by atoms with van der Waals surface area (Å²) >= 11 is 0. The second kappa shape index (κ2) is 8.66. The highest BCUT2D eigenvalue weighted by atomic mass is 16.4. The van der Waals surface area contributed by atoms with Crippen molar-refractivity contribution in [3.05, 3.63) is 0 Å². The summed E-state index contributed by atoms with van der Waals surface area (Å²) in [6.45, 7) is 8.52. The van der Waals surface area contributed by atoms with Gasteiger partial charge >= 0.3 is 5.97 Å². The monoisotopic (exact) mass is 283 g/mol. The van der Waals surface area contributed by atoms with Gasteiger partial charge < -0.3 is 10.4 Å². The van der Waals surface area contributed by atoms with E-state index in [4.69, 9.17) is 0 Å². The third-order valence-corrected chi connectivity index (χ3v) is 4.74. The third-order valence-electron chi connectivity index (χ3n) is 4.74. The van der Waals surface area contributed by atoms with Crippen molar-refractivity contribution in [3.8, 4) is 0 Å². The Morgan fingerprint density at radius 2 is 2.05 bits per heavy atom. The van der Waals surface area contributed by atoms with E-state index in [1.165, 1.54) is 38.5 Å². The van der Waals surface area contributed by atoms with Crippen molar-refractivity contribution < 1.29 is 9.90 Å². The summed E-state index contributed by atoms with van der Waals surface area (Å²) in [6.07, 6.45) is 8.64. The van der Waals surface area contributed by atoms with Gasteiger partial charge in [0.2, 0.25) is 0 Å². The Morgan fingerprint density at radius 3 is 2.55 bits per heavy atom. The normalized spacial score (nSPS) is 26.4. The highest BCUT2D eigenvalue weighted by Gasteiger charge is 2.31. The zero-order chi connectivity index (χ0) is 15.1. The van der Waals surface area contributed by atoms with Gasteiger partial charge in [0.15, 0.2) is 0 Å². The molecule has 0 aromatic heterocycles. The quantitative estimate of drug-likeness (QED) is 0.706. The van der Waals surface area contributed by atoms with Crippen molar-refractivity contribution in [2.45, 2.75) is 84.7 Å². The van der Waals surface area contributed by atoms with Gasteiger partial charge in [-0.05, 0) is 37.0 Å². The predicted molar refractivity (Wildman–Crippen MR) is 83.8 cm³/mol. The molecule has 0 bridgehead atoms. The molecule has 0 heterocycles. The van der Waals surface area contributed by atoms with Crippen LogP contribution >= 0.6 is 0 Å². The molecule has 1 rings (SSSR count). The van der Waals surface area contributed by atoms with Crippen LogP contribution in [0.15, 0.2) is 0 Å². The third kappa shape index (κ3) is 5.43. The van der Waals surface area contributed by atoms with Crippen LogP contribution in [0.3, 0.4) is 0 Å². The minimum absolute atomic E-state index is 0.137. The van der Waals surface area contributed by atoms with Crippen LogP contribution in [-0.2, 0) is 4.79 Å². The van der Waals surface area contributed by atoms with Crippen LogP contribution in [0.2, 0.25) is 0 Å². The van der Waals surface area contributed by atoms with E-state index >= 15 is 0 Å². The molecule has 0 aliphatic heterocycles. The molecule has 2 N–H and O–H groups in total. The maximum Gasteiger partial charge on any atom is 0.320 e. The number of rotatable bonds is 8. The molecule has 1 fully saturated rings. The van der Waals surface area contributed by atoms with Gasteiger partial charge in [-0.2, -0.15) is 0 Å². The fraction of sp³-hybridized carbons (Fsp3) is 0.941. The van der Waals surface area contributed by atoms with E-state index in [0.29, 0.717) is 12.0 Å². The first-order valence-electron chi connectivity index (χ1n) is 8.44. The lowest BCUT2D eigenvalue weighted by Crippen LogP contribution is -2.50. The number of nitrogens with one attached hydrogen (secondary N) is 1. The van der Waals surface area contributed by atoms with Crippen LogP contribution < -0.4 is 5.32 Å². The standard InChI is InChI=1S/C17H33NO2/c1-5-6-10-15(14-9-7-8-13(4)11-14)18-16(12(2)3)17(19)20/h12-16,18H,5-11H2,1-4H3,(H,19,20). The molecule has 20 heavy (non-hydrogen) atoms. The molecule has 0 saturated heterocycles. The van der Waals surface area contributed by atoms with Gasteiger partial charge in [-0.25, -0.2) is 0 Å². The molecule has 3 nitrogen and oxygen atoms in total. The Balaban J connectivity index is 2.69. The number of hydrogen-bond acceptors (Lipinski definition) is 2. The first-order chi connectivity index (χ1) is 9.45. The molecule has 1 saturated carbocycles. The molecule has 0 aromatic carbocycles. The number of carbonyl (C=O) groups is 1. The number of carboxylic acid groups (broad SMARTS) is 1. The molecule has 0 spiro atoms. The average molecular weight is 283 g/mol. The van der Waals surface area contributed by atoms with Gasteiger partial charge in [-0.1, -0.05) is 53.4 Å². The molecule has 1 aliphatic rings. The van der Waals surface area contributed by atoms with Gasteiger partial charge in [0.25, 0.3) is 0 Å². The van der Waals surface area contributed by atoms with Crippen LogP contribution in [0.1, 0.15) is 72.6 Å². The van der Waals surface area contributed by atoms with Crippen molar-refractivity contribution in [2.75, 3.05) is 0 Å². The minimum atomic E-state index is -0.703. The highest BCUT2D eigenvalue weighted by Crippen LogP contribution is 2.32. The maximum atomic E-state index is 11.4. The van der Waals surface area contributed by atoms with E-state index in [1.807, 2.05) is 13.8 Å². The zero-order valence-corrected chi connectivity index (χ0v) is 13.7. The lowest BCUT2D eigenvalue weighted by atomic mass is 9.77. The van der Waals surface area contributed by atoms with Gasteiger partial charge in [-0.15, -0.1) is 0 Å². The van der Waals surface area contributed by atoms with Crippen molar-refractivity contribution >= 4 is 5.97 Å². The van der Waals surface area contributed by atoms with Crippen molar-refractivity contribution in [2.24, 2.45) is 17.8 Å². The molecule has 3 heteroatoms. The Kier molecular flexibility index (Phi) is 7.57. The predicted octanol–water partition coefficient (Wildman–Crippen LogP) is 4.07. The van der Waals surface area contributed by atoms with Crippen LogP contribution in [0.4, 0.5) is 0 Å². The summed E-state index contributed by atoms with van der Waals surface area (Å²) in [5.41, 5.74) is 0. The Bertz CT molecular complexity index is 291. The second-order valence-electron chi connectivity index (χ2n) is 7.01.